The van der Waals surface area contributed by atoms with Crippen LogP contribution in [0.3, 0.4) is 0 Å². The molecule has 0 aliphatic carbocycles. The van der Waals surface area contributed by atoms with E-state index in [4.69, 9.17) is 0 Å². The fraction of sp³-hybridized carbons (Fsp3) is 0.118. The highest BCUT2D eigenvalue weighted by Crippen LogP contribution is 2.39. The van der Waals surface area contributed by atoms with Gasteiger partial charge in [-0.25, -0.2) is 0 Å². The van der Waals surface area contributed by atoms with Crippen LogP contribution >= 0.6 is 0 Å². The number of aromatic amines is 1. The lowest BCUT2D eigenvalue weighted by atomic mass is 9.98. The summed E-state index contributed by atoms with van der Waals surface area (Å²) in [5, 5.41) is 24.0. The lowest BCUT2D eigenvalue weighted by molar-refractivity contribution is -0.111. The van der Waals surface area contributed by atoms with E-state index in [-0.39, 0.29) is 11.7 Å². The minimum atomic E-state index is -0.376. The van der Waals surface area contributed by atoms with Gasteiger partial charge in [0.15, 0.2) is 0 Å². The van der Waals surface area contributed by atoms with E-state index in [9.17, 15) is 9.90 Å². The summed E-state index contributed by atoms with van der Waals surface area (Å²) >= 11 is 0. The van der Waals surface area contributed by atoms with E-state index in [1.807, 2.05) is 31.2 Å². The molecule has 3 N–H and O–H groups in total. The Hall–Kier alpha value is -3.15. The van der Waals surface area contributed by atoms with Crippen LogP contribution in [0, 0.1) is 0 Å². The minimum absolute atomic E-state index is 0.00657. The molecule has 116 valence electrons. The molecule has 0 fully saturated rings. The molecule has 1 aromatic heterocycles. The minimum Gasteiger partial charge on any atom is -0.505 e. The number of anilines is 1. The van der Waals surface area contributed by atoms with Gasteiger partial charge >= 0.3 is 0 Å². The number of H-pyrrole nitrogens is 1. The first-order valence-corrected chi connectivity index (χ1v) is 7.23. The van der Waals surface area contributed by atoms with E-state index in [1.165, 1.54) is 0 Å². The van der Waals surface area contributed by atoms with Crippen molar-refractivity contribution in [2.75, 3.05) is 5.32 Å². The zero-order valence-electron chi connectivity index (χ0n) is 12.6. The van der Waals surface area contributed by atoms with Gasteiger partial charge in [-0.1, -0.05) is 25.6 Å². The quantitative estimate of drug-likeness (QED) is 0.510. The van der Waals surface area contributed by atoms with Crippen molar-refractivity contribution >= 4 is 22.6 Å². The highest BCUT2D eigenvalue weighted by molar-refractivity contribution is 6.02. The van der Waals surface area contributed by atoms with Crippen LogP contribution in [0.15, 0.2) is 43.0 Å². The van der Waals surface area contributed by atoms with Crippen LogP contribution in [0.25, 0.3) is 22.2 Å². The molecule has 0 aliphatic rings. The summed E-state index contributed by atoms with van der Waals surface area (Å²) in [5.74, 6) is -0.382. The van der Waals surface area contributed by atoms with E-state index >= 15 is 0 Å². The van der Waals surface area contributed by atoms with Crippen molar-refractivity contribution in [2.24, 2.45) is 0 Å². The number of aromatic hydroxyl groups is 1. The summed E-state index contributed by atoms with van der Waals surface area (Å²) < 4.78 is 0. The van der Waals surface area contributed by atoms with E-state index < -0.39 is 0 Å². The number of hydrogen-bond acceptors (Lipinski definition) is 4. The van der Waals surface area contributed by atoms with Gasteiger partial charge in [-0.05, 0) is 36.3 Å². The van der Waals surface area contributed by atoms with Crippen LogP contribution in [-0.4, -0.2) is 26.4 Å². The molecule has 2 aromatic carbocycles. The van der Waals surface area contributed by atoms with Crippen LogP contribution < -0.4 is 5.32 Å². The molecule has 3 rings (SSSR count). The second-order valence-corrected chi connectivity index (χ2v) is 5.08. The molecule has 0 aliphatic heterocycles. The van der Waals surface area contributed by atoms with E-state index in [2.05, 4.69) is 27.3 Å². The third kappa shape index (κ3) is 2.66. The first-order valence-electron chi connectivity index (χ1n) is 7.23. The van der Waals surface area contributed by atoms with E-state index in [1.54, 1.807) is 6.07 Å². The fourth-order valence-corrected chi connectivity index (χ4v) is 2.47. The topological polar surface area (TPSA) is 90.9 Å². The number of rotatable bonds is 4. The number of nitrogens with one attached hydrogen (secondary N) is 2. The van der Waals surface area contributed by atoms with Gasteiger partial charge in [0.2, 0.25) is 5.91 Å². The summed E-state index contributed by atoms with van der Waals surface area (Å²) in [7, 11) is 0. The van der Waals surface area contributed by atoms with Crippen molar-refractivity contribution < 1.29 is 9.90 Å². The Morgan fingerprint density at radius 2 is 2.17 bits per heavy atom. The summed E-state index contributed by atoms with van der Waals surface area (Å²) in [6.07, 6.45) is 1.93. The van der Waals surface area contributed by atoms with Crippen molar-refractivity contribution in [2.45, 2.75) is 13.3 Å². The Labute approximate surface area is 132 Å². The third-order valence-electron chi connectivity index (χ3n) is 3.66. The average molecular weight is 308 g/mol. The molecule has 3 aromatic rings. The van der Waals surface area contributed by atoms with Gasteiger partial charge < -0.3 is 10.4 Å². The number of benzene rings is 2. The van der Waals surface area contributed by atoms with Gasteiger partial charge in [0.05, 0.1) is 5.69 Å². The number of phenols is 1. The Kier molecular flexibility index (Phi) is 3.80. The zero-order chi connectivity index (χ0) is 16.4. The highest BCUT2D eigenvalue weighted by Gasteiger charge is 2.16. The number of nitrogens with zero attached hydrogens (tertiary/aromatic N) is 2. The number of para-hydroxylation sites is 1. The molecule has 0 radical (unpaired) electrons. The summed E-state index contributed by atoms with van der Waals surface area (Å²) in [4.78, 5) is 11.6. The molecular formula is C17H16N4O2. The van der Waals surface area contributed by atoms with Gasteiger partial charge in [0.1, 0.15) is 16.8 Å². The molecule has 1 amide bonds. The van der Waals surface area contributed by atoms with Gasteiger partial charge in [-0.3, -0.25) is 4.79 Å². The van der Waals surface area contributed by atoms with Crippen molar-refractivity contribution in [3.8, 4) is 16.9 Å². The summed E-state index contributed by atoms with van der Waals surface area (Å²) in [6, 6.07) is 9.19. The number of hydrogen-bond donors (Lipinski definition) is 3. The van der Waals surface area contributed by atoms with Crippen molar-refractivity contribution in [1.29, 1.82) is 0 Å². The predicted molar refractivity (Wildman–Crippen MR) is 89.2 cm³/mol. The van der Waals surface area contributed by atoms with Crippen LogP contribution in [0.5, 0.6) is 5.75 Å². The van der Waals surface area contributed by atoms with Gasteiger partial charge in [0.25, 0.3) is 0 Å². The number of aromatic nitrogens is 3. The smallest absolute Gasteiger partial charge is 0.247 e. The van der Waals surface area contributed by atoms with E-state index in [0.717, 1.165) is 23.6 Å². The first-order chi connectivity index (χ1) is 11.1. The molecule has 23 heavy (non-hydrogen) atoms. The number of aryl methyl sites for hydroxylation is 1. The van der Waals surface area contributed by atoms with Crippen LogP contribution in [0.2, 0.25) is 0 Å². The van der Waals surface area contributed by atoms with Crippen LogP contribution in [-0.2, 0) is 11.2 Å². The number of carbonyl (C=O) groups is 1. The predicted octanol–water partition coefficient (Wildman–Crippen LogP) is 3.02. The van der Waals surface area contributed by atoms with Crippen molar-refractivity contribution in [3.63, 3.8) is 0 Å². The van der Waals surface area contributed by atoms with Gasteiger partial charge in [0, 0.05) is 11.1 Å². The molecule has 0 unspecified atom stereocenters. The molecule has 0 atom stereocenters. The molecule has 6 heteroatoms. The second-order valence-electron chi connectivity index (χ2n) is 5.08. The summed E-state index contributed by atoms with van der Waals surface area (Å²) in [6.45, 7) is 5.43. The molecule has 0 saturated heterocycles. The van der Waals surface area contributed by atoms with Crippen molar-refractivity contribution in [3.05, 3.63) is 48.6 Å². The highest BCUT2D eigenvalue weighted by atomic mass is 16.3. The maximum Gasteiger partial charge on any atom is 0.247 e. The molecule has 6 nitrogen and oxygen atoms in total. The Balaban J connectivity index is 2.22. The first kappa shape index (κ1) is 14.8. The molecule has 0 bridgehead atoms. The van der Waals surface area contributed by atoms with Gasteiger partial charge in [-0.15, -0.1) is 0 Å². The van der Waals surface area contributed by atoms with Crippen LogP contribution in [0.1, 0.15) is 12.5 Å². The monoisotopic (exact) mass is 308 g/mol. The van der Waals surface area contributed by atoms with Crippen molar-refractivity contribution in [1.82, 2.24) is 15.4 Å². The van der Waals surface area contributed by atoms with E-state index in [0.29, 0.717) is 22.3 Å². The Morgan fingerprint density at radius 3 is 2.91 bits per heavy atom. The SMILES string of the molecule is C=CC(=O)Nc1cc(CC)cc(-c2cccc3n[nH]nc23)c1O. The zero-order valence-corrected chi connectivity index (χ0v) is 12.6. The Bertz CT molecular complexity index is 899. The Morgan fingerprint density at radius 1 is 1.35 bits per heavy atom. The average Bonchev–Trinajstić information content (AvgIpc) is 3.05. The summed E-state index contributed by atoms with van der Waals surface area (Å²) in [5.41, 5.74) is 4.06. The van der Waals surface area contributed by atoms with Gasteiger partial charge in [-0.2, -0.15) is 15.4 Å². The third-order valence-corrected chi connectivity index (χ3v) is 3.66. The standard InChI is InChI=1S/C17H16N4O2/c1-3-10-8-12(17(23)14(9-10)18-15(22)4-2)11-6-5-7-13-16(11)20-21-19-13/h4-9,23H,2-3H2,1H3,(H,18,22)(H,19,20,21). The number of phenolic OH excluding ortho intramolecular Hbond substituents is 1. The second kappa shape index (κ2) is 5.92. The number of amides is 1. The molecule has 0 spiro atoms. The number of fused-ring (bicyclic) bond motifs is 1. The lowest BCUT2D eigenvalue weighted by Gasteiger charge is -2.13. The molecule has 1 heterocycles. The maximum atomic E-state index is 11.6. The molecular weight excluding hydrogens is 292 g/mol. The molecule has 0 saturated carbocycles. The largest absolute Gasteiger partial charge is 0.505 e. The lowest BCUT2D eigenvalue weighted by Crippen LogP contribution is -2.08. The maximum absolute atomic E-state index is 11.6. The number of carbonyl (C=O) groups excluding carboxylic acids is 1. The van der Waals surface area contributed by atoms with Crippen LogP contribution in [0.4, 0.5) is 5.69 Å². The normalized spacial score (nSPS) is 10.7. The fourth-order valence-electron chi connectivity index (χ4n) is 2.47.